The summed E-state index contributed by atoms with van der Waals surface area (Å²) in [6.45, 7) is -0.472. The molecular formula is C29H31N8O10P. The van der Waals surface area contributed by atoms with Crippen molar-refractivity contribution >= 4 is 37.0 Å². The molecular weight excluding hydrogens is 651 g/mol. The van der Waals surface area contributed by atoms with Gasteiger partial charge in [-0.25, -0.2) is 9.36 Å². The number of anilines is 2. The van der Waals surface area contributed by atoms with E-state index >= 15 is 0 Å². The number of rotatable bonds is 12. The van der Waals surface area contributed by atoms with E-state index in [4.69, 9.17) is 24.0 Å². The summed E-state index contributed by atoms with van der Waals surface area (Å²) in [4.78, 5) is 62.8. The van der Waals surface area contributed by atoms with Gasteiger partial charge in [-0.05, 0) is 48.4 Å². The fourth-order valence-electron chi connectivity index (χ4n) is 4.51. The number of hydrogen-bond acceptors (Lipinski definition) is 12. The van der Waals surface area contributed by atoms with Gasteiger partial charge in [-0.15, -0.1) is 10.2 Å². The Kier molecular flexibility index (Phi) is 9.88. The molecule has 2 aromatic heterocycles. The minimum absolute atomic E-state index is 0.0348. The lowest BCUT2D eigenvalue weighted by molar-refractivity contribution is -0.119. The van der Waals surface area contributed by atoms with Crippen LogP contribution in [0.1, 0.15) is 33.6 Å². The molecule has 19 heteroatoms. The first-order valence-electron chi connectivity index (χ1n) is 14.2. The number of aryl methyl sites for hydroxylation is 1. The van der Waals surface area contributed by atoms with E-state index in [0.717, 1.165) is 6.07 Å². The molecule has 252 valence electrons. The number of phosphoric acid groups is 1. The van der Waals surface area contributed by atoms with Crippen molar-refractivity contribution in [3.05, 3.63) is 65.3 Å². The second-order valence-electron chi connectivity index (χ2n) is 10.4. The standard InChI is InChI=1S/C29H31N8O10P/c1-30-28(39)19-14-37(15-46-29(40)17-10-11-22(23(12-17)44-3)47-48(41,42)43)24(32-27(38)16-8-9-16)13-21(19)31-20-7-5-6-18(25(20)45-4)26-33-35-36(2)34-26/h5-7,10-14,16,31H,8-9,15H2,1-4H3,(H,30,39)(H2,41,42,43)/b32-24+. The number of carbonyl (C=O) groups excluding carboxylic acids is 3. The fourth-order valence-corrected chi connectivity index (χ4v) is 4.92. The van der Waals surface area contributed by atoms with Crippen LogP contribution in [-0.2, 0) is 27.9 Å². The number of hydrogen-bond donors (Lipinski definition) is 4. The van der Waals surface area contributed by atoms with Gasteiger partial charge < -0.3 is 29.4 Å². The van der Waals surface area contributed by atoms with Crippen LogP contribution in [0, 0.1) is 5.92 Å². The maximum Gasteiger partial charge on any atom is 0.524 e. The zero-order chi connectivity index (χ0) is 34.6. The second-order valence-corrected chi connectivity index (χ2v) is 11.5. The number of aromatic nitrogens is 5. The number of methoxy groups -OCH3 is 2. The van der Waals surface area contributed by atoms with E-state index in [1.54, 1.807) is 25.2 Å². The highest BCUT2D eigenvalue weighted by molar-refractivity contribution is 7.46. The van der Waals surface area contributed by atoms with E-state index in [1.807, 2.05) is 0 Å². The van der Waals surface area contributed by atoms with Gasteiger partial charge in [-0.2, -0.15) is 9.79 Å². The zero-order valence-corrected chi connectivity index (χ0v) is 27.0. The van der Waals surface area contributed by atoms with E-state index in [9.17, 15) is 18.9 Å². The minimum atomic E-state index is -4.89. The number of esters is 1. The molecule has 0 radical (unpaired) electrons. The van der Waals surface area contributed by atoms with Crippen molar-refractivity contribution in [3.8, 4) is 28.6 Å². The van der Waals surface area contributed by atoms with Crippen LogP contribution in [0.25, 0.3) is 11.4 Å². The Bertz CT molecular complexity index is 2000. The Morgan fingerprint density at radius 1 is 1.06 bits per heavy atom. The zero-order valence-electron chi connectivity index (χ0n) is 26.1. The monoisotopic (exact) mass is 682 g/mol. The molecule has 2 amide bonds. The Labute approximate surface area is 272 Å². The third-order valence-corrected chi connectivity index (χ3v) is 7.39. The van der Waals surface area contributed by atoms with Gasteiger partial charge >= 0.3 is 13.8 Å². The van der Waals surface area contributed by atoms with Crippen molar-refractivity contribution < 1.29 is 47.5 Å². The topological polar surface area (TPSA) is 231 Å². The van der Waals surface area contributed by atoms with Gasteiger partial charge in [0.2, 0.25) is 5.82 Å². The Balaban J connectivity index is 1.51. The van der Waals surface area contributed by atoms with Gasteiger partial charge in [0.05, 0.1) is 49.3 Å². The average Bonchev–Trinajstić information content (AvgIpc) is 3.83. The highest BCUT2D eigenvalue weighted by Crippen LogP contribution is 2.42. The molecule has 2 heterocycles. The summed E-state index contributed by atoms with van der Waals surface area (Å²) in [7, 11) is 0.875. The minimum Gasteiger partial charge on any atom is -0.494 e. The predicted molar refractivity (Wildman–Crippen MR) is 166 cm³/mol. The molecule has 0 bridgehead atoms. The molecule has 1 fully saturated rings. The molecule has 1 saturated carbocycles. The van der Waals surface area contributed by atoms with Crippen LogP contribution in [0.5, 0.6) is 17.2 Å². The van der Waals surface area contributed by atoms with Gasteiger partial charge in [-0.3, -0.25) is 23.9 Å². The van der Waals surface area contributed by atoms with Crippen LogP contribution in [0.2, 0.25) is 0 Å². The smallest absolute Gasteiger partial charge is 0.494 e. The van der Waals surface area contributed by atoms with Gasteiger partial charge in [0, 0.05) is 25.2 Å². The van der Waals surface area contributed by atoms with Gasteiger partial charge in [0.15, 0.2) is 24.0 Å². The lowest BCUT2D eigenvalue weighted by atomic mass is 10.1. The number of amides is 2. The summed E-state index contributed by atoms with van der Waals surface area (Å²) < 4.78 is 33.5. The number of carbonyl (C=O) groups is 3. The van der Waals surface area contributed by atoms with Crippen molar-refractivity contribution in [1.82, 2.24) is 30.1 Å². The largest absolute Gasteiger partial charge is 0.524 e. The molecule has 1 aliphatic rings. The van der Waals surface area contributed by atoms with E-state index in [-0.39, 0.29) is 45.6 Å². The molecule has 4 N–H and O–H groups in total. The normalized spacial score (nSPS) is 13.1. The Morgan fingerprint density at radius 3 is 2.46 bits per heavy atom. The van der Waals surface area contributed by atoms with E-state index in [1.165, 1.54) is 55.0 Å². The maximum absolute atomic E-state index is 13.1. The predicted octanol–water partition coefficient (Wildman–Crippen LogP) is 1.92. The summed E-state index contributed by atoms with van der Waals surface area (Å²) in [5.41, 5.74) is 1.39. The molecule has 0 aliphatic heterocycles. The van der Waals surface area contributed by atoms with Gasteiger partial charge in [0.25, 0.3) is 11.8 Å². The average molecular weight is 683 g/mol. The van der Waals surface area contributed by atoms with E-state index in [2.05, 4.69) is 35.6 Å². The van der Waals surface area contributed by atoms with Crippen LogP contribution in [-0.4, -0.2) is 73.6 Å². The molecule has 4 aromatic rings. The number of benzene rings is 2. The van der Waals surface area contributed by atoms with Crippen molar-refractivity contribution in [1.29, 1.82) is 0 Å². The van der Waals surface area contributed by atoms with Crippen LogP contribution in [0.4, 0.5) is 11.4 Å². The molecule has 5 rings (SSSR count). The van der Waals surface area contributed by atoms with E-state index < -0.39 is 26.4 Å². The molecule has 0 unspecified atom stereocenters. The third-order valence-electron chi connectivity index (χ3n) is 6.95. The van der Waals surface area contributed by atoms with Crippen molar-refractivity contribution in [2.45, 2.75) is 19.6 Å². The highest BCUT2D eigenvalue weighted by Gasteiger charge is 2.29. The van der Waals surface area contributed by atoms with Crippen LogP contribution < -0.4 is 30.1 Å². The number of pyridine rings is 1. The molecule has 2 aromatic carbocycles. The summed E-state index contributed by atoms with van der Waals surface area (Å²) >= 11 is 0. The number of nitrogens with one attached hydrogen (secondary N) is 2. The molecule has 0 spiro atoms. The summed E-state index contributed by atoms with van der Waals surface area (Å²) in [5, 5.41) is 17.9. The maximum atomic E-state index is 13.1. The first-order chi connectivity index (χ1) is 22.9. The van der Waals surface area contributed by atoms with Gasteiger partial charge in [-0.1, -0.05) is 6.07 Å². The van der Waals surface area contributed by atoms with Crippen LogP contribution in [0.15, 0.2) is 53.7 Å². The van der Waals surface area contributed by atoms with Crippen LogP contribution in [0.3, 0.4) is 0 Å². The SMILES string of the molecule is CNC(=O)c1cn(COC(=O)c2ccc(OP(=O)(O)O)c(OC)c2)/c(=N/C(=O)C2CC2)cc1Nc1cccc(-c2nnn(C)n2)c1OC. The number of phosphoric ester groups is 1. The number of nitrogens with zero attached hydrogens (tertiary/aromatic N) is 6. The van der Waals surface area contributed by atoms with Crippen molar-refractivity contribution in [2.75, 3.05) is 26.6 Å². The summed E-state index contributed by atoms with van der Waals surface area (Å²) in [6.07, 6.45) is 2.77. The number of ether oxygens (including phenoxy) is 3. The summed E-state index contributed by atoms with van der Waals surface area (Å²) in [5.74, 6) is -1.70. The highest BCUT2D eigenvalue weighted by atomic mass is 31.2. The molecule has 0 atom stereocenters. The van der Waals surface area contributed by atoms with Gasteiger partial charge in [0.1, 0.15) is 5.49 Å². The molecule has 1 aliphatic carbocycles. The summed E-state index contributed by atoms with van der Waals surface area (Å²) in [6, 6.07) is 10.2. The molecule has 18 nitrogen and oxygen atoms in total. The first-order valence-corrected chi connectivity index (χ1v) is 15.8. The molecule has 48 heavy (non-hydrogen) atoms. The van der Waals surface area contributed by atoms with E-state index in [0.29, 0.717) is 35.7 Å². The quantitative estimate of drug-likeness (QED) is 0.124. The van der Waals surface area contributed by atoms with Crippen LogP contribution >= 0.6 is 7.82 Å². The Morgan fingerprint density at radius 2 is 1.83 bits per heavy atom. The lowest BCUT2D eigenvalue weighted by Crippen LogP contribution is -2.29. The Hall–Kier alpha value is -5.58. The second kappa shape index (κ2) is 14.0. The number of para-hydroxylation sites is 1. The van der Waals surface area contributed by atoms with Crippen molar-refractivity contribution in [2.24, 2.45) is 18.0 Å². The third kappa shape index (κ3) is 7.86. The fraction of sp³-hybridized carbons (Fsp3) is 0.276. The lowest BCUT2D eigenvalue weighted by Gasteiger charge is -2.18. The molecule has 0 saturated heterocycles. The van der Waals surface area contributed by atoms with Crippen molar-refractivity contribution in [3.63, 3.8) is 0 Å². The number of tetrazole rings is 1. The first kappa shape index (κ1) is 33.8.